The van der Waals surface area contributed by atoms with Gasteiger partial charge in [-0.25, -0.2) is 4.79 Å². The highest BCUT2D eigenvalue weighted by molar-refractivity contribution is 5.88. The SMILES string of the molecule is Cc1noc(NC(=O)N2CCC3(CC2)CC(c2ccccc2C(F)(F)F)C3)c1C. The zero-order valence-corrected chi connectivity index (χ0v) is 16.5. The predicted molar refractivity (Wildman–Crippen MR) is 102 cm³/mol. The van der Waals surface area contributed by atoms with Crippen molar-refractivity contribution in [2.45, 2.75) is 51.6 Å². The van der Waals surface area contributed by atoms with Crippen LogP contribution in [0.3, 0.4) is 0 Å². The van der Waals surface area contributed by atoms with Crippen molar-refractivity contribution in [2.75, 3.05) is 18.4 Å². The zero-order chi connectivity index (χ0) is 20.8. The molecule has 2 amide bonds. The van der Waals surface area contributed by atoms with Gasteiger partial charge in [-0.15, -0.1) is 0 Å². The lowest BCUT2D eigenvalue weighted by Crippen LogP contribution is -2.49. The summed E-state index contributed by atoms with van der Waals surface area (Å²) in [5.41, 5.74) is 1.46. The fraction of sp³-hybridized carbons (Fsp3) is 0.524. The van der Waals surface area contributed by atoms with E-state index < -0.39 is 11.7 Å². The molecule has 1 aromatic heterocycles. The van der Waals surface area contributed by atoms with Crippen molar-refractivity contribution in [1.29, 1.82) is 0 Å². The summed E-state index contributed by atoms with van der Waals surface area (Å²) < 4.78 is 45.0. The Kier molecular flexibility index (Phi) is 4.83. The van der Waals surface area contributed by atoms with E-state index in [0.29, 0.717) is 24.5 Å². The molecule has 4 rings (SSSR count). The van der Waals surface area contributed by atoms with Gasteiger partial charge in [-0.05, 0) is 62.5 Å². The van der Waals surface area contributed by atoms with Crippen LogP contribution in [0.15, 0.2) is 28.8 Å². The highest BCUT2D eigenvalue weighted by Gasteiger charge is 2.48. The topological polar surface area (TPSA) is 58.4 Å². The van der Waals surface area contributed by atoms with Gasteiger partial charge in [-0.3, -0.25) is 5.32 Å². The summed E-state index contributed by atoms with van der Waals surface area (Å²) in [5.74, 6) is 0.299. The molecule has 8 heteroatoms. The number of nitrogens with zero attached hydrogens (tertiary/aromatic N) is 2. The second-order valence-corrected chi connectivity index (χ2v) is 8.33. The van der Waals surface area contributed by atoms with E-state index >= 15 is 0 Å². The van der Waals surface area contributed by atoms with Crippen LogP contribution in [0.25, 0.3) is 0 Å². The number of piperidine rings is 1. The monoisotopic (exact) mass is 407 g/mol. The number of aromatic nitrogens is 1. The van der Waals surface area contributed by atoms with Crippen LogP contribution in [0.4, 0.5) is 23.8 Å². The zero-order valence-electron chi connectivity index (χ0n) is 16.5. The maximum atomic E-state index is 13.3. The number of hydrogen-bond donors (Lipinski definition) is 1. The van der Waals surface area contributed by atoms with Crippen LogP contribution >= 0.6 is 0 Å². The van der Waals surface area contributed by atoms with Gasteiger partial charge in [0, 0.05) is 18.7 Å². The third-order valence-corrected chi connectivity index (χ3v) is 6.55. The number of carbonyl (C=O) groups is 1. The van der Waals surface area contributed by atoms with E-state index in [1.54, 1.807) is 17.0 Å². The van der Waals surface area contributed by atoms with E-state index in [4.69, 9.17) is 4.52 Å². The van der Waals surface area contributed by atoms with Gasteiger partial charge < -0.3 is 9.42 Å². The largest absolute Gasteiger partial charge is 0.416 e. The van der Waals surface area contributed by atoms with Gasteiger partial charge in [0.2, 0.25) is 5.88 Å². The van der Waals surface area contributed by atoms with E-state index in [0.717, 1.165) is 36.9 Å². The molecule has 2 aromatic rings. The third-order valence-electron chi connectivity index (χ3n) is 6.55. The summed E-state index contributed by atoms with van der Waals surface area (Å²) in [6.45, 7) is 4.82. The Balaban J connectivity index is 1.35. The Morgan fingerprint density at radius 2 is 1.86 bits per heavy atom. The van der Waals surface area contributed by atoms with E-state index in [1.165, 1.54) is 12.1 Å². The number of hydrogen-bond acceptors (Lipinski definition) is 3. The number of anilines is 1. The molecule has 1 aliphatic heterocycles. The first-order chi connectivity index (χ1) is 13.7. The Morgan fingerprint density at radius 1 is 1.21 bits per heavy atom. The third kappa shape index (κ3) is 3.72. The Bertz CT molecular complexity index is 906. The standard InChI is InChI=1S/C21H24F3N3O2/c1-13-14(2)26-29-18(13)25-19(28)27-9-7-20(8-10-27)11-15(12-20)16-5-3-4-6-17(16)21(22,23)24/h3-6,15H,7-12H2,1-2H3,(H,25,28). The summed E-state index contributed by atoms with van der Waals surface area (Å²) in [4.78, 5) is 14.2. The Morgan fingerprint density at radius 3 is 2.45 bits per heavy atom. The molecule has 1 saturated heterocycles. The molecule has 0 radical (unpaired) electrons. The van der Waals surface area contributed by atoms with Crippen molar-refractivity contribution in [3.63, 3.8) is 0 Å². The van der Waals surface area contributed by atoms with Crippen LogP contribution in [0.5, 0.6) is 0 Å². The minimum atomic E-state index is -4.32. The molecule has 156 valence electrons. The molecule has 1 spiro atoms. The number of aryl methyl sites for hydroxylation is 1. The van der Waals surface area contributed by atoms with Crippen molar-refractivity contribution < 1.29 is 22.5 Å². The summed E-state index contributed by atoms with van der Waals surface area (Å²) in [6.07, 6.45) is -1.22. The van der Waals surface area contributed by atoms with Gasteiger partial charge in [-0.1, -0.05) is 23.4 Å². The average molecular weight is 407 g/mol. The molecule has 5 nitrogen and oxygen atoms in total. The molecule has 1 aliphatic carbocycles. The van der Waals surface area contributed by atoms with Crippen molar-refractivity contribution in [1.82, 2.24) is 10.1 Å². The van der Waals surface area contributed by atoms with Crippen molar-refractivity contribution in [2.24, 2.45) is 5.41 Å². The van der Waals surface area contributed by atoms with E-state index in [2.05, 4.69) is 10.5 Å². The summed E-state index contributed by atoms with van der Waals surface area (Å²) >= 11 is 0. The van der Waals surface area contributed by atoms with Crippen molar-refractivity contribution >= 4 is 11.9 Å². The molecule has 1 saturated carbocycles. The maximum absolute atomic E-state index is 13.3. The number of alkyl halides is 3. The van der Waals surface area contributed by atoms with Gasteiger partial charge in [0.15, 0.2) is 0 Å². The van der Waals surface area contributed by atoms with E-state index in [1.807, 2.05) is 13.8 Å². The second-order valence-electron chi connectivity index (χ2n) is 8.33. The molecule has 2 heterocycles. The Labute approximate surface area is 167 Å². The van der Waals surface area contributed by atoms with Gasteiger partial charge in [-0.2, -0.15) is 13.2 Å². The van der Waals surface area contributed by atoms with E-state index in [-0.39, 0.29) is 17.4 Å². The molecule has 29 heavy (non-hydrogen) atoms. The fourth-order valence-corrected chi connectivity index (χ4v) is 4.62. The van der Waals surface area contributed by atoms with Crippen LogP contribution in [0, 0.1) is 19.3 Å². The number of nitrogens with one attached hydrogen (secondary N) is 1. The summed E-state index contributed by atoms with van der Waals surface area (Å²) in [5, 5.41) is 6.59. The van der Waals surface area contributed by atoms with Gasteiger partial charge in [0.1, 0.15) is 0 Å². The highest BCUT2D eigenvalue weighted by Crippen LogP contribution is 2.58. The van der Waals surface area contributed by atoms with Crippen LogP contribution in [0.2, 0.25) is 0 Å². The predicted octanol–water partition coefficient (Wildman–Crippen LogP) is 5.50. The number of halogens is 3. The molecule has 1 N–H and O–H groups in total. The van der Waals surface area contributed by atoms with Gasteiger partial charge >= 0.3 is 12.2 Å². The minimum Gasteiger partial charge on any atom is -0.338 e. The van der Waals surface area contributed by atoms with E-state index in [9.17, 15) is 18.0 Å². The highest BCUT2D eigenvalue weighted by atomic mass is 19.4. The first-order valence-corrected chi connectivity index (χ1v) is 9.83. The fourth-order valence-electron chi connectivity index (χ4n) is 4.62. The Hall–Kier alpha value is -2.51. The lowest BCUT2D eigenvalue weighted by Gasteiger charge is -2.52. The first kappa shape index (κ1) is 19.8. The molecule has 1 aromatic carbocycles. The smallest absolute Gasteiger partial charge is 0.338 e. The lowest BCUT2D eigenvalue weighted by molar-refractivity contribution is -0.139. The second kappa shape index (κ2) is 7.07. The number of amides is 2. The van der Waals surface area contributed by atoms with Crippen LogP contribution in [0.1, 0.15) is 54.0 Å². The normalized spacial score (nSPS) is 19.3. The number of carbonyl (C=O) groups excluding carboxylic acids is 1. The molecule has 2 fully saturated rings. The number of benzene rings is 1. The first-order valence-electron chi connectivity index (χ1n) is 9.83. The molecule has 0 atom stereocenters. The molecule has 0 bridgehead atoms. The van der Waals surface area contributed by atoms with Gasteiger partial charge in [0.05, 0.1) is 11.3 Å². The molecule has 0 unspecified atom stereocenters. The molecular weight excluding hydrogens is 383 g/mol. The number of rotatable bonds is 2. The number of urea groups is 1. The number of likely N-dealkylation sites (tertiary alicyclic amines) is 1. The van der Waals surface area contributed by atoms with Crippen LogP contribution < -0.4 is 5.32 Å². The van der Waals surface area contributed by atoms with Crippen molar-refractivity contribution in [3.8, 4) is 0 Å². The quantitative estimate of drug-likeness (QED) is 0.715. The molecule has 2 aliphatic rings. The summed E-state index contributed by atoms with van der Waals surface area (Å²) in [6, 6.07) is 5.66. The minimum absolute atomic E-state index is 0.0406. The van der Waals surface area contributed by atoms with Crippen molar-refractivity contribution in [3.05, 3.63) is 46.6 Å². The lowest BCUT2D eigenvalue weighted by atomic mass is 9.55. The summed E-state index contributed by atoms with van der Waals surface area (Å²) in [7, 11) is 0. The average Bonchev–Trinajstić information content (AvgIpc) is 2.97. The maximum Gasteiger partial charge on any atom is 0.416 e. The van der Waals surface area contributed by atoms with Crippen LogP contribution in [-0.4, -0.2) is 29.2 Å². The molecular formula is C21H24F3N3O2. The van der Waals surface area contributed by atoms with Gasteiger partial charge in [0.25, 0.3) is 0 Å². The van der Waals surface area contributed by atoms with Crippen LogP contribution in [-0.2, 0) is 6.18 Å².